The Morgan fingerprint density at radius 2 is 2.44 bits per heavy atom. The molecule has 1 atom stereocenters. The van der Waals surface area contributed by atoms with Gasteiger partial charge in [-0.3, -0.25) is 0 Å². The second kappa shape index (κ2) is 5.74. The molecule has 6 nitrogen and oxygen atoms in total. The van der Waals surface area contributed by atoms with Crippen LogP contribution in [0.2, 0.25) is 0 Å². The van der Waals surface area contributed by atoms with Gasteiger partial charge in [-0.05, 0) is 6.07 Å². The van der Waals surface area contributed by atoms with Gasteiger partial charge in [-0.1, -0.05) is 0 Å². The molecule has 0 unspecified atom stereocenters. The minimum absolute atomic E-state index is 0.0740. The van der Waals surface area contributed by atoms with Crippen molar-refractivity contribution in [3.8, 4) is 6.01 Å². The van der Waals surface area contributed by atoms with Crippen LogP contribution < -0.4 is 4.74 Å². The molecule has 2 rings (SSSR count). The second-order valence-electron chi connectivity index (χ2n) is 3.37. The van der Waals surface area contributed by atoms with E-state index in [4.69, 9.17) is 19.3 Å². The average molecular weight is 226 g/mol. The van der Waals surface area contributed by atoms with E-state index in [2.05, 4.69) is 9.97 Å². The van der Waals surface area contributed by atoms with Crippen molar-refractivity contribution >= 4 is 0 Å². The van der Waals surface area contributed by atoms with Crippen LogP contribution in [0.15, 0.2) is 12.3 Å². The lowest BCUT2D eigenvalue weighted by Crippen LogP contribution is -2.33. The fourth-order valence-electron chi connectivity index (χ4n) is 1.33. The lowest BCUT2D eigenvalue weighted by molar-refractivity contribution is -0.102. The lowest BCUT2D eigenvalue weighted by Gasteiger charge is -2.22. The largest absolute Gasteiger partial charge is 0.461 e. The molecular weight excluding hydrogens is 212 g/mol. The number of nitrogens with zero attached hydrogens (tertiary/aromatic N) is 2. The molecule has 0 amide bonds. The first kappa shape index (κ1) is 11.3. The highest BCUT2D eigenvalue weighted by Crippen LogP contribution is 2.06. The zero-order valence-electron chi connectivity index (χ0n) is 8.83. The number of aromatic nitrogens is 2. The summed E-state index contributed by atoms with van der Waals surface area (Å²) in [4.78, 5) is 7.93. The van der Waals surface area contributed by atoms with Gasteiger partial charge in [-0.25, -0.2) is 4.98 Å². The van der Waals surface area contributed by atoms with Crippen molar-refractivity contribution in [3.63, 3.8) is 0 Å². The smallest absolute Gasteiger partial charge is 0.316 e. The lowest BCUT2D eigenvalue weighted by atomic mass is 10.4. The summed E-state index contributed by atoms with van der Waals surface area (Å²) < 4.78 is 16.0. The first-order chi connectivity index (χ1) is 7.88. The summed E-state index contributed by atoms with van der Waals surface area (Å²) in [5, 5.41) is 8.89. The number of hydrogen-bond acceptors (Lipinski definition) is 6. The van der Waals surface area contributed by atoms with Gasteiger partial charge in [0.15, 0.2) is 0 Å². The van der Waals surface area contributed by atoms with Crippen LogP contribution in [-0.2, 0) is 16.1 Å². The molecule has 0 aromatic carbocycles. The summed E-state index contributed by atoms with van der Waals surface area (Å²) in [6, 6.07) is 1.88. The Labute approximate surface area is 93.2 Å². The van der Waals surface area contributed by atoms with Gasteiger partial charge in [0.2, 0.25) is 0 Å². The second-order valence-corrected chi connectivity index (χ2v) is 3.37. The number of ether oxygens (including phenoxy) is 3. The topological polar surface area (TPSA) is 73.7 Å². The molecule has 2 heterocycles. The van der Waals surface area contributed by atoms with E-state index in [0.717, 1.165) is 0 Å². The van der Waals surface area contributed by atoms with E-state index in [1.807, 2.05) is 0 Å². The number of aliphatic hydroxyl groups is 1. The molecule has 0 radical (unpaired) electrons. The molecule has 0 spiro atoms. The van der Waals surface area contributed by atoms with Crippen LogP contribution in [-0.4, -0.2) is 47.6 Å². The highest BCUT2D eigenvalue weighted by atomic mass is 16.6. The molecule has 1 aromatic heterocycles. The van der Waals surface area contributed by atoms with Gasteiger partial charge in [0.05, 0.1) is 32.1 Å². The van der Waals surface area contributed by atoms with E-state index in [1.54, 1.807) is 12.3 Å². The number of hydrogen-bond donors (Lipinski definition) is 1. The minimum atomic E-state index is -0.123. The van der Waals surface area contributed by atoms with Crippen molar-refractivity contribution < 1.29 is 19.3 Å². The zero-order valence-corrected chi connectivity index (χ0v) is 8.83. The van der Waals surface area contributed by atoms with Crippen molar-refractivity contribution in [2.45, 2.75) is 12.7 Å². The fraction of sp³-hybridized carbons (Fsp3) is 0.600. The third kappa shape index (κ3) is 3.13. The van der Waals surface area contributed by atoms with Crippen LogP contribution in [0.25, 0.3) is 0 Å². The molecule has 1 aliphatic rings. The Balaban J connectivity index is 1.83. The molecule has 88 valence electrons. The van der Waals surface area contributed by atoms with E-state index in [9.17, 15) is 0 Å². The molecule has 0 saturated carbocycles. The predicted octanol–water partition coefficient (Wildman–Crippen LogP) is -0.237. The molecule has 1 N–H and O–H groups in total. The maximum Gasteiger partial charge on any atom is 0.316 e. The summed E-state index contributed by atoms with van der Waals surface area (Å²) >= 11 is 0. The normalized spacial score (nSPS) is 20.7. The summed E-state index contributed by atoms with van der Waals surface area (Å²) in [6.07, 6.45) is 1.47. The summed E-state index contributed by atoms with van der Waals surface area (Å²) in [6.45, 7) is 1.98. The number of aliphatic hydroxyl groups excluding tert-OH is 1. The maximum atomic E-state index is 8.89. The average Bonchev–Trinajstić information content (AvgIpc) is 2.38. The van der Waals surface area contributed by atoms with Gasteiger partial charge in [-0.2, -0.15) is 4.98 Å². The minimum Gasteiger partial charge on any atom is -0.461 e. The summed E-state index contributed by atoms with van der Waals surface area (Å²) in [5.41, 5.74) is 0.533. The van der Waals surface area contributed by atoms with Crippen molar-refractivity contribution in [2.24, 2.45) is 0 Å². The van der Waals surface area contributed by atoms with E-state index in [-0.39, 0.29) is 18.7 Å². The Kier molecular flexibility index (Phi) is 4.03. The van der Waals surface area contributed by atoms with Gasteiger partial charge in [0.1, 0.15) is 12.7 Å². The molecule has 1 aromatic rings. The first-order valence-electron chi connectivity index (χ1n) is 5.13. The van der Waals surface area contributed by atoms with Crippen LogP contribution in [0.5, 0.6) is 6.01 Å². The Morgan fingerprint density at radius 1 is 1.50 bits per heavy atom. The highest BCUT2D eigenvalue weighted by molar-refractivity contribution is 5.04. The van der Waals surface area contributed by atoms with Crippen LogP contribution in [0.4, 0.5) is 0 Å². The van der Waals surface area contributed by atoms with Crippen molar-refractivity contribution in [2.75, 3.05) is 26.4 Å². The third-order valence-corrected chi connectivity index (χ3v) is 2.14. The molecule has 1 fully saturated rings. The van der Waals surface area contributed by atoms with E-state index in [1.165, 1.54) is 0 Å². The van der Waals surface area contributed by atoms with E-state index < -0.39 is 0 Å². The Bertz CT molecular complexity index is 328. The highest BCUT2D eigenvalue weighted by Gasteiger charge is 2.15. The Morgan fingerprint density at radius 3 is 3.19 bits per heavy atom. The zero-order chi connectivity index (χ0) is 11.2. The Hall–Kier alpha value is -1.24. The van der Waals surface area contributed by atoms with Crippen LogP contribution in [0.1, 0.15) is 5.69 Å². The van der Waals surface area contributed by atoms with Gasteiger partial charge in [0.25, 0.3) is 0 Å². The maximum absolute atomic E-state index is 8.89. The molecule has 6 heteroatoms. The van der Waals surface area contributed by atoms with Gasteiger partial charge >= 0.3 is 6.01 Å². The van der Waals surface area contributed by atoms with Crippen molar-refractivity contribution in [1.82, 2.24) is 9.97 Å². The van der Waals surface area contributed by atoms with Gasteiger partial charge in [-0.15, -0.1) is 0 Å². The van der Waals surface area contributed by atoms with Crippen LogP contribution in [0, 0.1) is 0 Å². The third-order valence-electron chi connectivity index (χ3n) is 2.14. The number of rotatable bonds is 4. The van der Waals surface area contributed by atoms with E-state index >= 15 is 0 Å². The molecule has 1 saturated heterocycles. The summed E-state index contributed by atoms with van der Waals surface area (Å²) in [7, 11) is 0. The van der Waals surface area contributed by atoms with E-state index in [0.29, 0.717) is 32.1 Å². The standard InChI is InChI=1S/C10H14N2O4/c13-5-8-1-2-11-10(12-8)16-7-9-6-14-3-4-15-9/h1-2,9,13H,3-7H2/t9-/m1/s1. The molecule has 16 heavy (non-hydrogen) atoms. The van der Waals surface area contributed by atoms with Gasteiger partial charge < -0.3 is 19.3 Å². The molecule has 0 bridgehead atoms. The predicted molar refractivity (Wildman–Crippen MR) is 54.0 cm³/mol. The fourth-order valence-corrected chi connectivity index (χ4v) is 1.33. The molecule has 0 aliphatic carbocycles. The van der Waals surface area contributed by atoms with Gasteiger partial charge in [0, 0.05) is 6.20 Å². The van der Waals surface area contributed by atoms with Crippen molar-refractivity contribution in [1.29, 1.82) is 0 Å². The monoisotopic (exact) mass is 226 g/mol. The summed E-state index contributed by atoms with van der Waals surface area (Å²) in [5.74, 6) is 0. The quantitative estimate of drug-likeness (QED) is 0.764. The van der Waals surface area contributed by atoms with Crippen LogP contribution in [0.3, 0.4) is 0 Å². The van der Waals surface area contributed by atoms with Crippen molar-refractivity contribution in [3.05, 3.63) is 18.0 Å². The molecule has 1 aliphatic heterocycles. The molecular formula is C10H14N2O4. The first-order valence-corrected chi connectivity index (χ1v) is 5.13. The van der Waals surface area contributed by atoms with Crippen LogP contribution >= 0.6 is 0 Å². The SMILES string of the molecule is OCc1ccnc(OC[C@H]2COCCO2)n1.